The van der Waals surface area contributed by atoms with Crippen molar-refractivity contribution in [3.05, 3.63) is 154 Å². The SMILES string of the molecule is CC(C)(C)C1=CC[C-]=C1.CC(C)(C)c1c[c-]c2c(c1)-c1cc(C(C)(C)C)ccc1C2.[Zr+2]=[C](c1ccccc1)c1ccccc1. The number of fused-ring (bicyclic) bond motifs is 3. The molecule has 4 aromatic carbocycles. The molecule has 1 heteroatoms. The van der Waals surface area contributed by atoms with Crippen molar-refractivity contribution in [2.45, 2.75) is 86.0 Å². The van der Waals surface area contributed by atoms with E-state index in [9.17, 15) is 0 Å². The Morgan fingerprint density at radius 1 is 0.636 bits per heavy atom. The Hall–Kier alpha value is -2.89. The average Bonchev–Trinajstić information content (AvgIpc) is 3.66. The van der Waals surface area contributed by atoms with Crippen LogP contribution < -0.4 is 0 Å². The third-order valence-corrected chi connectivity index (χ3v) is 9.63. The number of hydrogen-bond donors (Lipinski definition) is 0. The van der Waals surface area contributed by atoms with Gasteiger partial charge in [0.05, 0.1) is 0 Å². The summed E-state index contributed by atoms with van der Waals surface area (Å²) >= 11 is 1.46. The molecule has 0 bridgehead atoms. The van der Waals surface area contributed by atoms with E-state index in [0.29, 0.717) is 5.41 Å². The van der Waals surface area contributed by atoms with E-state index in [1.807, 2.05) is 0 Å². The second-order valence-corrected chi connectivity index (χ2v) is 16.1. The van der Waals surface area contributed by atoms with E-state index in [-0.39, 0.29) is 10.8 Å². The van der Waals surface area contributed by atoms with Crippen LogP contribution in [0.4, 0.5) is 0 Å². The van der Waals surface area contributed by atoms with E-state index >= 15 is 0 Å². The minimum atomic E-state index is 0.177. The van der Waals surface area contributed by atoms with Crippen molar-refractivity contribution in [3.8, 4) is 11.1 Å². The van der Waals surface area contributed by atoms with Gasteiger partial charge in [-0.1, -0.05) is 102 Å². The molecule has 0 N–H and O–H groups in total. The molecule has 0 nitrogen and oxygen atoms in total. The first-order valence-corrected chi connectivity index (χ1v) is 17.0. The fourth-order valence-electron chi connectivity index (χ4n) is 5.28. The Bertz CT molecular complexity index is 1530. The normalized spacial score (nSPS) is 13.6. The van der Waals surface area contributed by atoms with E-state index < -0.39 is 0 Å². The molecule has 224 valence electrons. The molecule has 2 aliphatic rings. The van der Waals surface area contributed by atoms with Crippen LogP contribution in [0.25, 0.3) is 11.1 Å². The third-order valence-electron chi connectivity index (χ3n) is 8.21. The van der Waals surface area contributed by atoms with Gasteiger partial charge in [0.15, 0.2) is 0 Å². The molecule has 0 saturated heterocycles. The zero-order chi connectivity index (χ0) is 32.1. The Balaban J connectivity index is 0.000000165. The zero-order valence-electron chi connectivity index (χ0n) is 28.2. The van der Waals surface area contributed by atoms with Gasteiger partial charge in [0.1, 0.15) is 0 Å². The van der Waals surface area contributed by atoms with Crippen molar-refractivity contribution in [1.82, 2.24) is 0 Å². The molecule has 44 heavy (non-hydrogen) atoms. The van der Waals surface area contributed by atoms with Crippen molar-refractivity contribution in [3.63, 3.8) is 0 Å². The molecule has 0 heterocycles. The van der Waals surface area contributed by atoms with Crippen LogP contribution >= 0.6 is 0 Å². The van der Waals surface area contributed by atoms with E-state index in [1.165, 1.54) is 77.5 Å². The van der Waals surface area contributed by atoms with Gasteiger partial charge < -0.3 is 0 Å². The van der Waals surface area contributed by atoms with E-state index in [4.69, 9.17) is 0 Å². The predicted molar refractivity (Wildman–Crippen MR) is 187 cm³/mol. The topological polar surface area (TPSA) is 0 Å². The second-order valence-electron chi connectivity index (χ2n) is 14.9. The van der Waals surface area contributed by atoms with Gasteiger partial charge in [-0.15, -0.1) is 12.0 Å². The second kappa shape index (κ2) is 14.0. The van der Waals surface area contributed by atoms with Crippen molar-refractivity contribution >= 4 is 3.21 Å². The van der Waals surface area contributed by atoms with Crippen LogP contribution in [-0.2, 0) is 41.5 Å². The zero-order valence-corrected chi connectivity index (χ0v) is 30.7. The van der Waals surface area contributed by atoms with E-state index in [0.717, 1.165) is 12.8 Å². The van der Waals surface area contributed by atoms with Gasteiger partial charge in [-0.3, -0.25) is 6.08 Å². The molecular weight excluding hydrogens is 608 g/mol. The Morgan fingerprint density at radius 2 is 1.18 bits per heavy atom. The summed E-state index contributed by atoms with van der Waals surface area (Å²) in [7, 11) is 0. The minimum absolute atomic E-state index is 0.177. The molecule has 6 rings (SSSR count). The summed E-state index contributed by atoms with van der Waals surface area (Å²) in [5.74, 6) is 0. The number of benzene rings is 4. The fourth-order valence-corrected chi connectivity index (χ4v) is 6.10. The number of rotatable bonds is 2. The molecule has 0 radical (unpaired) electrons. The fraction of sp³-hybridized carbons (Fsp3) is 0.326. The quantitative estimate of drug-likeness (QED) is 0.166. The summed E-state index contributed by atoms with van der Waals surface area (Å²) in [5, 5.41) is 0. The average molecular weight is 656 g/mol. The van der Waals surface area contributed by atoms with Crippen LogP contribution in [0.3, 0.4) is 0 Å². The molecule has 0 aliphatic heterocycles. The first-order valence-electron chi connectivity index (χ1n) is 15.8. The van der Waals surface area contributed by atoms with Crippen LogP contribution in [-0.4, -0.2) is 3.21 Å². The maximum atomic E-state index is 3.53. The predicted octanol–water partition coefficient (Wildman–Crippen LogP) is 11.2. The van der Waals surface area contributed by atoms with Gasteiger partial charge in [0.2, 0.25) is 0 Å². The van der Waals surface area contributed by atoms with Crippen molar-refractivity contribution in [2.75, 3.05) is 0 Å². The van der Waals surface area contributed by atoms with Gasteiger partial charge in [-0.2, -0.15) is 41.0 Å². The van der Waals surface area contributed by atoms with Crippen molar-refractivity contribution in [1.29, 1.82) is 0 Å². The number of hydrogen-bond acceptors (Lipinski definition) is 0. The first kappa shape index (κ1) is 34.0. The summed E-state index contributed by atoms with van der Waals surface area (Å²) in [6.45, 7) is 20.3. The van der Waals surface area contributed by atoms with Crippen LogP contribution in [0.5, 0.6) is 0 Å². The first-order chi connectivity index (χ1) is 20.6. The van der Waals surface area contributed by atoms with Crippen LogP contribution in [0.1, 0.15) is 102 Å². The molecule has 0 atom stereocenters. The molecule has 0 fully saturated rings. The van der Waals surface area contributed by atoms with E-state index in [1.54, 1.807) is 0 Å². The molecule has 0 aromatic heterocycles. The maximum absolute atomic E-state index is 3.53. The summed E-state index contributed by atoms with van der Waals surface area (Å²) in [4.78, 5) is 0. The van der Waals surface area contributed by atoms with Crippen molar-refractivity contribution < 1.29 is 24.2 Å². The van der Waals surface area contributed by atoms with Gasteiger partial charge >= 0.3 is 99.2 Å². The van der Waals surface area contributed by atoms with Crippen LogP contribution in [0, 0.1) is 17.6 Å². The molecule has 0 spiro atoms. The van der Waals surface area contributed by atoms with Crippen LogP contribution in [0.2, 0.25) is 0 Å². The van der Waals surface area contributed by atoms with Gasteiger partial charge in [0, 0.05) is 0 Å². The summed E-state index contributed by atoms with van der Waals surface area (Å²) < 4.78 is 1.42. The monoisotopic (exact) mass is 654 g/mol. The molecule has 0 saturated carbocycles. The van der Waals surface area contributed by atoms with Crippen molar-refractivity contribution in [2.24, 2.45) is 5.41 Å². The molecule has 0 amide bonds. The van der Waals surface area contributed by atoms with Gasteiger partial charge in [-0.25, -0.2) is 6.08 Å². The molecule has 4 aromatic rings. The van der Waals surface area contributed by atoms with Gasteiger partial charge in [0.25, 0.3) is 0 Å². The third kappa shape index (κ3) is 8.85. The van der Waals surface area contributed by atoms with Gasteiger partial charge in [-0.05, 0) is 17.4 Å². The summed E-state index contributed by atoms with van der Waals surface area (Å²) in [6, 6.07) is 36.2. The van der Waals surface area contributed by atoms with Crippen LogP contribution in [0.15, 0.2) is 109 Å². The molecule has 0 unspecified atom stereocenters. The summed E-state index contributed by atoms with van der Waals surface area (Å²) in [6.07, 6.45) is 9.53. The Labute approximate surface area is 282 Å². The Kier molecular flexibility index (Phi) is 10.8. The summed E-state index contributed by atoms with van der Waals surface area (Å²) in [5.41, 5.74) is 13.2. The van der Waals surface area contributed by atoms with E-state index in [2.05, 4.69) is 178 Å². The standard InChI is InChI=1S/C21H25.C13H10.C9H13.Zr/c1-20(2,3)16-9-7-14-11-15-8-10-17(21(4,5)6)13-19(15)18(14)12-16;1-3-7-12(8-4-1)11-13-9-5-2-6-10-13;1-9(2,3)8-6-4-5-7-8;/h7,9-10,12-13H,11H2,1-6H3;1-10H;6-7H,4H2,1-3H3;/q-1;;-1;+2. The molecular formula is C43H48Zr. The number of allylic oxidation sites excluding steroid dienone is 4. The molecule has 2 aliphatic carbocycles. The Morgan fingerprint density at radius 3 is 1.64 bits per heavy atom.